The SMILES string of the molecule is Cc1ccc(NC(=O)/C(C#N)=C/c2cc(Cl)ccc2OCC(=O)Nc2ccccc2)cc1. The molecule has 0 radical (unpaired) electrons. The van der Waals surface area contributed by atoms with Gasteiger partial charge in [-0.25, -0.2) is 0 Å². The van der Waals surface area contributed by atoms with Gasteiger partial charge in [-0.05, 0) is 55.5 Å². The van der Waals surface area contributed by atoms with Crippen LogP contribution in [0.5, 0.6) is 5.75 Å². The summed E-state index contributed by atoms with van der Waals surface area (Å²) >= 11 is 6.09. The second kappa shape index (κ2) is 10.8. The summed E-state index contributed by atoms with van der Waals surface area (Å²) in [6.07, 6.45) is 1.37. The topological polar surface area (TPSA) is 91.2 Å². The van der Waals surface area contributed by atoms with Gasteiger partial charge in [0.25, 0.3) is 11.8 Å². The highest BCUT2D eigenvalue weighted by Gasteiger charge is 2.13. The Morgan fingerprint density at radius 2 is 1.69 bits per heavy atom. The number of rotatable bonds is 7. The van der Waals surface area contributed by atoms with E-state index < -0.39 is 5.91 Å². The van der Waals surface area contributed by atoms with Crippen LogP contribution < -0.4 is 15.4 Å². The number of nitrogens with one attached hydrogen (secondary N) is 2. The van der Waals surface area contributed by atoms with E-state index in [1.807, 2.05) is 43.3 Å². The average Bonchev–Trinajstić information content (AvgIpc) is 2.79. The molecule has 0 unspecified atom stereocenters. The fraction of sp³-hybridized carbons (Fsp3) is 0.0800. The molecule has 0 atom stereocenters. The van der Waals surface area contributed by atoms with E-state index in [1.165, 1.54) is 6.08 Å². The van der Waals surface area contributed by atoms with Gasteiger partial charge in [-0.3, -0.25) is 9.59 Å². The lowest BCUT2D eigenvalue weighted by molar-refractivity contribution is -0.118. The zero-order valence-corrected chi connectivity index (χ0v) is 18.0. The Hall–Kier alpha value is -4.08. The summed E-state index contributed by atoms with van der Waals surface area (Å²) in [5.41, 5.74) is 2.54. The van der Waals surface area contributed by atoms with E-state index in [4.69, 9.17) is 16.3 Å². The Morgan fingerprint density at radius 1 is 1.00 bits per heavy atom. The second-order valence-electron chi connectivity index (χ2n) is 6.87. The quantitative estimate of drug-likeness (QED) is 0.385. The molecule has 3 aromatic rings. The molecule has 0 fully saturated rings. The van der Waals surface area contributed by atoms with Crippen LogP contribution in [0, 0.1) is 18.3 Å². The molecule has 0 aliphatic heterocycles. The fourth-order valence-corrected chi connectivity index (χ4v) is 2.95. The van der Waals surface area contributed by atoms with Crippen LogP contribution in [-0.4, -0.2) is 18.4 Å². The fourth-order valence-electron chi connectivity index (χ4n) is 2.76. The maximum absolute atomic E-state index is 12.6. The van der Waals surface area contributed by atoms with Crippen LogP contribution in [-0.2, 0) is 9.59 Å². The molecular weight excluding hydrogens is 426 g/mol. The first kappa shape index (κ1) is 22.6. The lowest BCUT2D eigenvalue weighted by Gasteiger charge is -2.11. The first-order chi connectivity index (χ1) is 15.4. The molecule has 0 spiro atoms. The standard InChI is InChI=1S/C25H20ClN3O3/c1-17-7-10-22(11-8-17)29-25(31)19(15-27)13-18-14-20(26)9-12-23(18)32-16-24(30)28-21-5-3-2-4-6-21/h2-14H,16H2,1H3,(H,28,30)(H,29,31)/b19-13+. The van der Waals surface area contributed by atoms with E-state index in [0.717, 1.165) is 5.56 Å². The van der Waals surface area contributed by atoms with Gasteiger partial charge in [0.05, 0.1) is 0 Å². The first-order valence-electron chi connectivity index (χ1n) is 9.71. The minimum atomic E-state index is -0.566. The normalized spacial score (nSPS) is 10.7. The third-order valence-corrected chi connectivity index (χ3v) is 4.60. The van der Waals surface area contributed by atoms with Crippen molar-refractivity contribution < 1.29 is 14.3 Å². The highest BCUT2D eigenvalue weighted by molar-refractivity contribution is 6.30. The van der Waals surface area contributed by atoms with E-state index in [1.54, 1.807) is 42.5 Å². The molecule has 32 heavy (non-hydrogen) atoms. The van der Waals surface area contributed by atoms with E-state index in [2.05, 4.69) is 10.6 Å². The molecule has 3 rings (SSSR count). The molecule has 160 valence electrons. The highest BCUT2D eigenvalue weighted by atomic mass is 35.5. The maximum Gasteiger partial charge on any atom is 0.266 e. The molecule has 3 aromatic carbocycles. The van der Waals surface area contributed by atoms with Gasteiger partial charge in [-0.1, -0.05) is 47.5 Å². The number of para-hydroxylation sites is 1. The number of nitrogens with zero attached hydrogens (tertiary/aromatic N) is 1. The van der Waals surface area contributed by atoms with Crippen LogP contribution in [0.15, 0.2) is 78.4 Å². The summed E-state index contributed by atoms with van der Waals surface area (Å²) in [5, 5.41) is 15.3. The minimum Gasteiger partial charge on any atom is -0.483 e. The summed E-state index contributed by atoms with van der Waals surface area (Å²) in [6.45, 7) is 1.68. The van der Waals surface area contributed by atoms with E-state index in [9.17, 15) is 14.9 Å². The molecule has 0 aliphatic rings. The van der Waals surface area contributed by atoms with Crippen LogP contribution in [0.1, 0.15) is 11.1 Å². The Labute approximate surface area is 191 Å². The lowest BCUT2D eigenvalue weighted by atomic mass is 10.1. The molecule has 0 bridgehead atoms. The van der Waals surface area contributed by atoms with Gasteiger partial charge < -0.3 is 15.4 Å². The van der Waals surface area contributed by atoms with Gasteiger partial charge in [0.2, 0.25) is 0 Å². The average molecular weight is 446 g/mol. The Balaban J connectivity index is 1.74. The minimum absolute atomic E-state index is 0.133. The number of halogens is 1. The van der Waals surface area contributed by atoms with Crippen LogP contribution in [0.4, 0.5) is 11.4 Å². The van der Waals surface area contributed by atoms with Gasteiger partial charge >= 0.3 is 0 Å². The van der Waals surface area contributed by atoms with Gasteiger partial charge in [-0.15, -0.1) is 0 Å². The van der Waals surface area contributed by atoms with Gasteiger partial charge in [-0.2, -0.15) is 5.26 Å². The Bertz CT molecular complexity index is 1180. The van der Waals surface area contributed by atoms with E-state index in [0.29, 0.717) is 27.7 Å². The summed E-state index contributed by atoms with van der Waals surface area (Å²) in [4.78, 5) is 24.7. The van der Waals surface area contributed by atoms with Gasteiger partial charge in [0, 0.05) is 22.0 Å². The number of anilines is 2. The molecule has 0 saturated heterocycles. The molecule has 2 N–H and O–H groups in total. The Kier molecular flexibility index (Phi) is 7.63. The van der Waals surface area contributed by atoms with Crippen LogP contribution in [0.2, 0.25) is 5.02 Å². The predicted octanol–water partition coefficient (Wildman–Crippen LogP) is 5.21. The molecule has 7 heteroatoms. The van der Waals surface area contributed by atoms with Crippen molar-refractivity contribution in [2.75, 3.05) is 17.2 Å². The summed E-state index contributed by atoms with van der Waals surface area (Å²) < 4.78 is 5.63. The van der Waals surface area contributed by atoms with Crippen molar-refractivity contribution in [1.29, 1.82) is 5.26 Å². The number of hydrogen-bond donors (Lipinski definition) is 2. The van der Waals surface area contributed by atoms with E-state index in [-0.39, 0.29) is 18.1 Å². The van der Waals surface area contributed by atoms with Crippen molar-refractivity contribution in [2.24, 2.45) is 0 Å². The number of nitriles is 1. The number of aryl methyl sites for hydroxylation is 1. The van der Waals surface area contributed by atoms with Crippen molar-refractivity contribution in [2.45, 2.75) is 6.92 Å². The van der Waals surface area contributed by atoms with Gasteiger partial charge in [0.15, 0.2) is 6.61 Å². The zero-order valence-electron chi connectivity index (χ0n) is 17.3. The monoisotopic (exact) mass is 445 g/mol. The third-order valence-electron chi connectivity index (χ3n) is 4.36. The van der Waals surface area contributed by atoms with Crippen LogP contribution in [0.3, 0.4) is 0 Å². The largest absolute Gasteiger partial charge is 0.483 e. The number of amides is 2. The number of carbonyl (C=O) groups excluding carboxylic acids is 2. The van der Waals surface area contributed by atoms with E-state index >= 15 is 0 Å². The van der Waals surface area contributed by atoms with Crippen molar-refractivity contribution in [3.8, 4) is 11.8 Å². The zero-order chi connectivity index (χ0) is 22.9. The molecule has 0 saturated carbocycles. The molecule has 2 amide bonds. The summed E-state index contributed by atoms with van der Waals surface area (Å²) in [6, 6.07) is 22.8. The smallest absolute Gasteiger partial charge is 0.266 e. The number of benzene rings is 3. The van der Waals surface area contributed by atoms with Crippen molar-refractivity contribution in [3.05, 3.63) is 94.5 Å². The third kappa shape index (κ3) is 6.46. The molecule has 0 aromatic heterocycles. The number of hydrogen-bond acceptors (Lipinski definition) is 4. The number of ether oxygens (including phenoxy) is 1. The van der Waals surface area contributed by atoms with Crippen molar-refractivity contribution >= 4 is 40.9 Å². The summed E-state index contributed by atoms with van der Waals surface area (Å²) in [7, 11) is 0. The van der Waals surface area contributed by atoms with Gasteiger partial charge in [0.1, 0.15) is 17.4 Å². The molecule has 0 heterocycles. The summed E-state index contributed by atoms with van der Waals surface area (Å²) in [5.74, 6) is -0.601. The van der Waals surface area contributed by atoms with Crippen LogP contribution >= 0.6 is 11.6 Å². The molecular formula is C25H20ClN3O3. The Morgan fingerprint density at radius 3 is 2.38 bits per heavy atom. The second-order valence-corrected chi connectivity index (χ2v) is 7.31. The van der Waals surface area contributed by atoms with Crippen molar-refractivity contribution in [3.63, 3.8) is 0 Å². The molecule has 6 nitrogen and oxygen atoms in total. The maximum atomic E-state index is 12.6. The van der Waals surface area contributed by atoms with Crippen LogP contribution in [0.25, 0.3) is 6.08 Å². The van der Waals surface area contributed by atoms with Crippen molar-refractivity contribution in [1.82, 2.24) is 0 Å². The predicted molar refractivity (Wildman–Crippen MR) is 125 cm³/mol. The molecule has 0 aliphatic carbocycles. The first-order valence-corrected chi connectivity index (χ1v) is 10.1. The number of carbonyl (C=O) groups is 2. The lowest BCUT2D eigenvalue weighted by Crippen LogP contribution is -2.20. The highest BCUT2D eigenvalue weighted by Crippen LogP contribution is 2.26.